The second kappa shape index (κ2) is 3.79. The molecule has 0 unspecified atom stereocenters. The topological polar surface area (TPSA) is 51.0 Å². The predicted octanol–water partition coefficient (Wildman–Crippen LogP) is 2.36. The van der Waals surface area contributed by atoms with Crippen LogP contribution < -0.4 is 5.32 Å². The molecular formula is C9H11N3OS. The van der Waals surface area contributed by atoms with Gasteiger partial charge in [-0.15, -0.1) is 11.3 Å². The summed E-state index contributed by atoms with van der Waals surface area (Å²) in [5.74, 6) is 0.819. The van der Waals surface area contributed by atoms with Gasteiger partial charge in [-0.05, 0) is 13.8 Å². The quantitative estimate of drug-likeness (QED) is 0.843. The highest BCUT2D eigenvalue weighted by atomic mass is 32.1. The normalized spacial score (nSPS) is 10.4. The first-order valence-electron chi connectivity index (χ1n) is 4.32. The lowest BCUT2D eigenvalue weighted by Gasteiger charge is -2.01. The molecule has 0 aliphatic heterocycles. The zero-order valence-electron chi connectivity index (χ0n) is 8.07. The first kappa shape index (κ1) is 9.21. The predicted molar refractivity (Wildman–Crippen MR) is 55.4 cm³/mol. The van der Waals surface area contributed by atoms with Crippen LogP contribution in [-0.4, -0.2) is 10.1 Å². The lowest BCUT2D eigenvalue weighted by Crippen LogP contribution is -2.00. The van der Waals surface area contributed by atoms with Crippen molar-refractivity contribution in [3.63, 3.8) is 0 Å². The van der Waals surface area contributed by atoms with Crippen LogP contribution >= 0.6 is 11.3 Å². The summed E-state index contributed by atoms with van der Waals surface area (Å²) in [4.78, 5) is 4.18. The standard InChI is InChI=1S/C9H11N3OS/c1-6-9(7(2)13-12-6)11-5-8-10-3-4-14-8/h3-4,11H,5H2,1-2H3. The minimum atomic E-state index is 0.723. The van der Waals surface area contributed by atoms with Crippen LogP contribution in [0.25, 0.3) is 0 Å². The summed E-state index contributed by atoms with van der Waals surface area (Å²) in [6.45, 7) is 4.53. The van der Waals surface area contributed by atoms with E-state index in [1.54, 1.807) is 17.5 Å². The Morgan fingerprint density at radius 1 is 1.50 bits per heavy atom. The van der Waals surface area contributed by atoms with Crippen molar-refractivity contribution < 1.29 is 4.52 Å². The van der Waals surface area contributed by atoms with Gasteiger partial charge in [0.2, 0.25) is 0 Å². The molecule has 0 aromatic carbocycles. The van der Waals surface area contributed by atoms with E-state index in [2.05, 4.69) is 15.5 Å². The zero-order chi connectivity index (χ0) is 9.97. The first-order chi connectivity index (χ1) is 6.77. The molecule has 2 rings (SSSR count). The molecule has 2 aromatic rings. The van der Waals surface area contributed by atoms with E-state index >= 15 is 0 Å². The van der Waals surface area contributed by atoms with Gasteiger partial charge in [-0.1, -0.05) is 5.16 Å². The van der Waals surface area contributed by atoms with Crippen molar-refractivity contribution in [3.05, 3.63) is 28.0 Å². The largest absolute Gasteiger partial charge is 0.374 e. The third kappa shape index (κ3) is 1.77. The Morgan fingerprint density at radius 3 is 2.93 bits per heavy atom. The molecule has 0 radical (unpaired) electrons. The number of hydrogen-bond acceptors (Lipinski definition) is 5. The molecule has 0 atom stereocenters. The number of anilines is 1. The lowest BCUT2D eigenvalue weighted by molar-refractivity contribution is 0.393. The Labute approximate surface area is 86.0 Å². The summed E-state index contributed by atoms with van der Waals surface area (Å²) < 4.78 is 5.04. The van der Waals surface area contributed by atoms with Crippen molar-refractivity contribution in [1.82, 2.24) is 10.1 Å². The SMILES string of the molecule is Cc1noc(C)c1NCc1nccs1. The van der Waals surface area contributed by atoms with E-state index in [1.165, 1.54) is 0 Å². The number of thiazole rings is 1. The van der Waals surface area contributed by atoms with Gasteiger partial charge in [-0.3, -0.25) is 0 Å². The second-order valence-corrected chi connectivity index (χ2v) is 3.96. The highest BCUT2D eigenvalue weighted by Crippen LogP contribution is 2.19. The minimum absolute atomic E-state index is 0.723. The van der Waals surface area contributed by atoms with Gasteiger partial charge in [0.15, 0.2) is 5.76 Å². The number of rotatable bonds is 3. The van der Waals surface area contributed by atoms with Gasteiger partial charge in [0.25, 0.3) is 0 Å². The number of nitrogens with zero attached hydrogens (tertiary/aromatic N) is 2. The van der Waals surface area contributed by atoms with Crippen LogP contribution in [0.1, 0.15) is 16.5 Å². The van der Waals surface area contributed by atoms with Crippen molar-refractivity contribution >= 4 is 17.0 Å². The van der Waals surface area contributed by atoms with Crippen molar-refractivity contribution in [2.75, 3.05) is 5.32 Å². The molecule has 74 valence electrons. The van der Waals surface area contributed by atoms with E-state index in [-0.39, 0.29) is 0 Å². The maximum Gasteiger partial charge on any atom is 0.157 e. The van der Waals surface area contributed by atoms with Gasteiger partial charge in [-0.2, -0.15) is 0 Å². The molecule has 0 saturated carbocycles. The molecule has 0 spiro atoms. The number of hydrogen-bond donors (Lipinski definition) is 1. The summed E-state index contributed by atoms with van der Waals surface area (Å²) in [5, 5.41) is 10.1. The number of aromatic nitrogens is 2. The van der Waals surface area contributed by atoms with Crippen LogP contribution in [0, 0.1) is 13.8 Å². The average Bonchev–Trinajstić information content (AvgIpc) is 2.76. The summed E-state index contributed by atoms with van der Waals surface area (Å²) in [5.41, 5.74) is 1.86. The molecule has 2 aromatic heterocycles. The number of nitrogens with one attached hydrogen (secondary N) is 1. The fraction of sp³-hybridized carbons (Fsp3) is 0.333. The van der Waals surface area contributed by atoms with E-state index in [0.29, 0.717) is 0 Å². The smallest absolute Gasteiger partial charge is 0.157 e. The lowest BCUT2D eigenvalue weighted by atomic mass is 10.3. The molecule has 0 fully saturated rings. The van der Waals surface area contributed by atoms with E-state index in [9.17, 15) is 0 Å². The van der Waals surface area contributed by atoms with Gasteiger partial charge in [0.1, 0.15) is 16.4 Å². The molecule has 4 nitrogen and oxygen atoms in total. The fourth-order valence-electron chi connectivity index (χ4n) is 1.24. The summed E-state index contributed by atoms with van der Waals surface area (Å²) in [6.07, 6.45) is 1.80. The molecular weight excluding hydrogens is 198 g/mol. The average molecular weight is 209 g/mol. The molecule has 2 heterocycles. The van der Waals surface area contributed by atoms with Gasteiger partial charge in [0.05, 0.1) is 6.54 Å². The molecule has 5 heteroatoms. The molecule has 0 aliphatic rings. The summed E-state index contributed by atoms with van der Waals surface area (Å²) >= 11 is 1.63. The van der Waals surface area contributed by atoms with E-state index in [1.807, 2.05) is 19.2 Å². The molecule has 0 bridgehead atoms. The van der Waals surface area contributed by atoms with Crippen LogP contribution in [0.2, 0.25) is 0 Å². The highest BCUT2D eigenvalue weighted by molar-refractivity contribution is 7.09. The minimum Gasteiger partial charge on any atom is -0.374 e. The second-order valence-electron chi connectivity index (χ2n) is 2.98. The Kier molecular flexibility index (Phi) is 2.49. The van der Waals surface area contributed by atoms with Gasteiger partial charge < -0.3 is 9.84 Å². The Balaban J connectivity index is 2.05. The van der Waals surface area contributed by atoms with Crippen molar-refractivity contribution in [3.8, 4) is 0 Å². The maximum atomic E-state index is 5.04. The fourth-order valence-corrected chi connectivity index (χ4v) is 1.80. The zero-order valence-corrected chi connectivity index (χ0v) is 8.89. The first-order valence-corrected chi connectivity index (χ1v) is 5.20. The maximum absolute atomic E-state index is 5.04. The molecule has 0 amide bonds. The van der Waals surface area contributed by atoms with E-state index in [0.717, 1.165) is 28.7 Å². The van der Waals surface area contributed by atoms with E-state index < -0.39 is 0 Å². The summed E-state index contributed by atoms with van der Waals surface area (Å²) in [7, 11) is 0. The van der Waals surface area contributed by atoms with E-state index in [4.69, 9.17) is 4.52 Å². The molecule has 14 heavy (non-hydrogen) atoms. The third-order valence-corrected chi connectivity index (χ3v) is 2.71. The van der Waals surface area contributed by atoms with Crippen LogP contribution in [0.4, 0.5) is 5.69 Å². The molecule has 0 saturated heterocycles. The monoisotopic (exact) mass is 209 g/mol. The van der Waals surface area contributed by atoms with Crippen LogP contribution in [0.5, 0.6) is 0 Å². The van der Waals surface area contributed by atoms with Crippen LogP contribution in [0.3, 0.4) is 0 Å². The van der Waals surface area contributed by atoms with Gasteiger partial charge in [-0.25, -0.2) is 4.98 Å². The highest BCUT2D eigenvalue weighted by Gasteiger charge is 2.08. The third-order valence-electron chi connectivity index (χ3n) is 1.93. The summed E-state index contributed by atoms with van der Waals surface area (Å²) in [6, 6.07) is 0. The van der Waals surface area contributed by atoms with Gasteiger partial charge >= 0.3 is 0 Å². The van der Waals surface area contributed by atoms with Crippen molar-refractivity contribution in [2.24, 2.45) is 0 Å². The van der Waals surface area contributed by atoms with Crippen LogP contribution in [0.15, 0.2) is 16.1 Å². The van der Waals surface area contributed by atoms with Gasteiger partial charge in [0, 0.05) is 11.6 Å². The Morgan fingerprint density at radius 2 is 2.36 bits per heavy atom. The Hall–Kier alpha value is -1.36. The van der Waals surface area contributed by atoms with Crippen molar-refractivity contribution in [1.29, 1.82) is 0 Å². The number of aryl methyl sites for hydroxylation is 2. The molecule has 0 aliphatic carbocycles. The van der Waals surface area contributed by atoms with Crippen molar-refractivity contribution in [2.45, 2.75) is 20.4 Å². The molecule has 1 N–H and O–H groups in total. The van der Waals surface area contributed by atoms with Crippen LogP contribution in [-0.2, 0) is 6.54 Å². The Bertz CT molecular complexity index is 388.